The van der Waals surface area contributed by atoms with E-state index >= 15 is 0 Å². The topological polar surface area (TPSA) is 39.1 Å². The molecular weight excluding hydrogens is 214 g/mol. The van der Waals surface area contributed by atoms with Gasteiger partial charge in [-0.25, -0.2) is 0 Å². The second kappa shape index (κ2) is 6.64. The van der Waals surface area contributed by atoms with E-state index in [9.17, 15) is 0 Å². The normalized spacial score (nSPS) is 14.6. The lowest BCUT2D eigenvalue weighted by molar-refractivity contribution is 0.333. The van der Waals surface area contributed by atoms with E-state index in [0.29, 0.717) is 12.0 Å². The van der Waals surface area contributed by atoms with E-state index in [1.165, 1.54) is 12.8 Å². The number of methoxy groups -OCH3 is 1. The maximum Gasteiger partial charge on any atom is 0.161 e. The van der Waals surface area contributed by atoms with Crippen LogP contribution < -0.4 is 10.1 Å². The summed E-state index contributed by atoms with van der Waals surface area (Å²) in [5.41, 5.74) is 1.15. The fourth-order valence-electron chi connectivity index (χ4n) is 2.35. The predicted molar refractivity (Wildman–Crippen MR) is 70.2 cm³/mol. The average Bonchev–Trinajstić information content (AvgIpc) is 2.67. The average molecular weight is 239 g/mol. The molecule has 0 aromatic carbocycles. The standard InChI is InChI=1S/C13H25N3O/c1-6-8-10(3)12(14-7-2)13-11(17-5)9-15-16(13)4/h9-10,12,14H,6-8H2,1-5H3. The first-order chi connectivity index (χ1) is 8.15. The van der Waals surface area contributed by atoms with Crippen LogP contribution in [0.2, 0.25) is 0 Å². The van der Waals surface area contributed by atoms with Gasteiger partial charge >= 0.3 is 0 Å². The molecule has 98 valence electrons. The number of aryl methyl sites for hydroxylation is 1. The molecule has 0 aliphatic rings. The van der Waals surface area contributed by atoms with Gasteiger partial charge in [-0.15, -0.1) is 0 Å². The zero-order valence-electron chi connectivity index (χ0n) is 11.7. The van der Waals surface area contributed by atoms with Crippen LogP contribution in [0.5, 0.6) is 5.75 Å². The van der Waals surface area contributed by atoms with Gasteiger partial charge in [0.15, 0.2) is 5.75 Å². The van der Waals surface area contributed by atoms with Crippen LogP contribution in [0.4, 0.5) is 0 Å². The third-order valence-electron chi connectivity index (χ3n) is 3.20. The van der Waals surface area contributed by atoms with E-state index in [1.807, 2.05) is 11.7 Å². The van der Waals surface area contributed by atoms with Crippen molar-refractivity contribution in [3.8, 4) is 5.75 Å². The van der Waals surface area contributed by atoms with E-state index in [0.717, 1.165) is 18.0 Å². The molecule has 17 heavy (non-hydrogen) atoms. The summed E-state index contributed by atoms with van der Waals surface area (Å²) in [5.74, 6) is 1.45. The summed E-state index contributed by atoms with van der Waals surface area (Å²) in [7, 11) is 3.68. The lowest BCUT2D eigenvalue weighted by atomic mass is 9.94. The van der Waals surface area contributed by atoms with Gasteiger partial charge in [-0.2, -0.15) is 5.10 Å². The van der Waals surface area contributed by atoms with Crippen LogP contribution in [-0.2, 0) is 7.05 Å². The number of hydrogen-bond acceptors (Lipinski definition) is 3. The van der Waals surface area contributed by atoms with Crippen LogP contribution in [0.15, 0.2) is 6.20 Å². The lowest BCUT2D eigenvalue weighted by Crippen LogP contribution is -2.29. The van der Waals surface area contributed by atoms with Gasteiger partial charge in [0, 0.05) is 7.05 Å². The van der Waals surface area contributed by atoms with Crippen LogP contribution in [0.1, 0.15) is 45.3 Å². The highest BCUT2D eigenvalue weighted by atomic mass is 16.5. The first-order valence-corrected chi connectivity index (χ1v) is 6.44. The molecule has 0 bridgehead atoms. The minimum absolute atomic E-state index is 0.308. The smallest absolute Gasteiger partial charge is 0.161 e. The van der Waals surface area contributed by atoms with E-state index < -0.39 is 0 Å². The molecule has 0 spiro atoms. The van der Waals surface area contributed by atoms with Gasteiger partial charge < -0.3 is 10.1 Å². The maximum atomic E-state index is 5.40. The summed E-state index contributed by atoms with van der Waals surface area (Å²) in [6.45, 7) is 7.59. The lowest BCUT2D eigenvalue weighted by Gasteiger charge is -2.25. The Morgan fingerprint density at radius 1 is 1.47 bits per heavy atom. The van der Waals surface area contributed by atoms with E-state index in [4.69, 9.17) is 4.74 Å². The Kier molecular flexibility index (Phi) is 5.48. The summed E-state index contributed by atoms with van der Waals surface area (Å²) >= 11 is 0. The van der Waals surface area contributed by atoms with Gasteiger partial charge in [0.2, 0.25) is 0 Å². The molecule has 0 amide bonds. The quantitative estimate of drug-likeness (QED) is 0.794. The molecule has 0 saturated carbocycles. The van der Waals surface area contributed by atoms with Crippen molar-refractivity contribution in [2.24, 2.45) is 13.0 Å². The Morgan fingerprint density at radius 2 is 2.18 bits per heavy atom. The highest BCUT2D eigenvalue weighted by Gasteiger charge is 2.24. The van der Waals surface area contributed by atoms with Crippen molar-refractivity contribution >= 4 is 0 Å². The fourth-order valence-corrected chi connectivity index (χ4v) is 2.35. The molecule has 0 radical (unpaired) electrons. The SMILES string of the molecule is CCCC(C)C(NCC)c1c(OC)cnn1C. The number of ether oxygens (including phenoxy) is 1. The third-order valence-corrected chi connectivity index (χ3v) is 3.20. The first-order valence-electron chi connectivity index (χ1n) is 6.44. The molecule has 1 aromatic rings. The Bertz CT molecular complexity index is 335. The van der Waals surface area contributed by atoms with Crippen molar-refractivity contribution in [2.75, 3.05) is 13.7 Å². The van der Waals surface area contributed by atoms with Crippen LogP contribution in [0, 0.1) is 5.92 Å². The number of aromatic nitrogens is 2. The summed E-state index contributed by atoms with van der Waals surface area (Å²) in [4.78, 5) is 0. The van der Waals surface area contributed by atoms with Gasteiger partial charge in [-0.05, 0) is 18.9 Å². The molecule has 0 aliphatic carbocycles. The number of rotatable bonds is 7. The summed E-state index contributed by atoms with van der Waals surface area (Å²) in [5, 5.41) is 7.83. The molecule has 1 heterocycles. The second-order valence-corrected chi connectivity index (χ2v) is 4.52. The summed E-state index contributed by atoms with van der Waals surface area (Å²) in [6, 6.07) is 0.308. The first kappa shape index (κ1) is 14.0. The molecule has 0 fully saturated rings. The van der Waals surface area contributed by atoms with Gasteiger partial charge in [-0.3, -0.25) is 4.68 Å². The Hall–Kier alpha value is -1.03. The van der Waals surface area contributed by atoms with Gasteiger partial charge in [-0.1, -0.05) is 27.2 Å². The fraction of sp³-hybridized carbons (Fsp3) is 0.769. The molecule has 0 saturated heterocycles. The highest BCUT2D eigenvalue weighted by molar-refractivity contribution is 5.28. The van der Waals surface area contributed by atoms with Crippen molar-refractivity contribution < 1.29 is 4.74 Å². The largest absolute Gasteiger partial charge is 0.493 e. The second-order valence-electron chi connectivity index (χ2n) is 4.52. The molecule has 1 aromatic heterocycles. The van der Waals surface area contributed by atoms with E-state index in [-0.39, 0.29) is 0 Å². The molecule has 0 aliphatic heterocycles. The molecule has 1 rings (SSSR count). The van der Waals surface area contributed by atoms with Crippen LogP contribution in [0.3, 0.4) is 0 Å². The van der Waals surface area contributed by atoms with Crippen molar-refractivity contribution in [1.82, 2.24) is 15.1 Å². The van der Waals surface area contributed by atoms with Crippen molar-refractivity contribution in [3.05, 3.63) is 11.9 Å². The zero-order chi connectivity index (χ0) is 12.8. The van der Waals surface area contributed by atoms with E-state index in [2.05, 4.69) is 31.2 Å². The van der Waals surface area contributed by atoms with Gasteiger partial charge in [0.05, 0.1) is 25.0 Å². The van der Waals surface area contributed by atoms with Crippen LogP contribution >= 0.6 is 0 Å². The molecule has 2 unspecified atom stereocenters. The molecule has 4 heteroatoms. The highest BCUT2D eigenvalue weighted by Crippen LogP contribution is 2.31. The number of nitrogens with zero attached hydrogens (tertiary/aromatic N) is 2. The number of hydrogen-bond donors (Lipinski definition) is 1. The van der Waals surface area contributed by atoms with Crippen LogP contribution in [-0.4, -0.2) is 23.4 Å². The molecule has 4 nitrogen and oxygen atoms in total. The Labute approximate surface area is 104 Å². The molecular formula is C13H25N3O. The Balaban J connectivity index is 2.99. The third kappa shape index (κ3) is 3.22. The van der Waals surface area contributed by atoms with Crippen LogP contribution in [0.25, 0.3) is 0 Å². The monoisotopic (exact) mass is 239 g/mol. The number of nitrogens with one attached hydrogen (secondary N) is 1. The predicted octanol–water partition coefficient (Wildman–Crippen LogP) is 2.52. The van der Waals surface area contributed by atoms with Crippen molar-refractivity contribution in [3.63, 3.8) is 0 Å². The van der Waals surface area contributed by atoms with E-state index in [1.54, 1.807) is 13.3 Å². The van der Waals surface area contributed by atoms with Gasteiger partial charge in [0.1, 0.15) is 0 Å². The zero-order valence-corrected chi connectivity index (χ0v) is 11.7. The van der Waals surface area contributed by atoms with Gasteiger partial charge in [0.25, 0.3) is 0 Å². The minimum Gasteiger partial charge on any atom is -0.493 e. The van der Waals surface area contributed by atoms with Crippen molar-refractivity contribution in [1.29, 1.82) is 0 Å². The Morgan fingerprint density at radius 3 is 2.71 bits per heavy atom. The maximum absolute atomic E-state index is 5.40. The molecule has 2 atom stereocenters. The van der Waals surface area contributed by atoms with Crippen molar-refractivity contribution in [2.45, 2.75) is 39.7 Å². The molecule has 1 N–H and O–H groups in total. The summed E-state index contributed by atoms with van der Waals surface area (Å²) < 4.78 is 7.31. The minimum atomic E-state index is 0.308. The summed E-state index contributed by atoms with van der Waals surface area (Å²) in [6.07, 6.45) is 4.19.